The molecule has 2 aromatic rings. The molecule has 1 aromatic heterocycles. The Morgan fingerprint density at radius 1 is 1.33 bits per heavy atom. The van der Waals surface area contributed by atoms with Crippen molar-refractivity contribution in [3.63, 3.8) is 0 Å². The summed E-state index contributed by atoms with van der Waals surface area (Å²) in [4.78, 5) is 0. The van der Waals surface area contributed by atoms with Crippen LogP contribution >= 0.6 is 11.8 Å². The number of rotatable bonds is 6. The fourth-order valence-electron chi connectivity index (χ4n) is 1.38. The Morgan fingerprint density at radius 3 is 2.78 bits per heavy atom. The number of aromatic nitrogens is 3. The number of nitrogens with zero attached hydrogens (tertiary/aromatic N) is 3. The summed E-state index contributed by atoms with van der Waals surface area (Å²) in [6.45, 7) is 0.689. The van der Waals surface area contributed by atoms with Gasteiger partial charge in [0.1, 0.15) is 12.1 Å². The number of benzene rings is 1. The van der Waals surface area contributed by atoms with Crippen molar-refractivity contribution in [3.05, 3.63) is 30.6 Å². The lowest BCUT2D eigenvalue weighted by atomic mass is 10.3. The third kappa shape index (κ3) is 3.66. The Hall–Kier alpha value is -1.69. The normalized spacial score (nSPS) is 10.5. The van der Waals surface area contributed by atoms with Gasteiger partial charge in [0.15, 0.2) is 5.16 Å². The van der Waals surface area contributed by atoms with Gasteiger partial charge in [0.05, 0.1) is 6.61 Å². The van der Waals surface area contributed by atoms with Gasteiger partial charge in [-0.15, -0.1) is 10.2 Å². The lowest BCUT2D eigenvalue weighted by molar-refractivity contribution is 0.319. The van der Waals surface area contributed by atoms with Crippen LogP contribution in [-0.2, 0) is 7.05 Å². The van der Waals surface area contributed by atoms with Crippen molar-refractivity contribution >= 4 is 17.4 Å². The highest BCUT2D eigenvalue weighted by Gasteiger charge is 2.00. The van der Waals surface area contributed by atoms with E-state index in [-0.39, 0.29) is 0 Å². The fourth-order valence-corrected chi connectivity index (χ4v) is 2.18. The monoisotopic (exact) mass is 264 g/mol. The number of aryl methyl sites for hydroxylation is 1. The molecule has 2 N–H and O–H groups in total. The third-order valence-electron chi connectivity index (χ3n) is 2.34. The van der Waals surface area contributed by atoms with E-state index >= 15 is 0 Å². The predicted octanol–water partition coefficient (Wildman–Crippen LogP) is 1.96. The van der Waals surface area contributed by atoms with E-state index in [1.165, 1.54) is 0 Å². The van der Waals surface area contributed by atoms with Gasteiger partial charge in [-0.05, 0) is 30.7 Å². The Balaban J connectivity index is 1.64. The number of hydrogen-bond donors (Lipinski definition) is 1. The summed E-state index contributed by atoms with van der Waals surface area (Å²) in [6.07, 6.45) is 2.66. The van der Waals surface area contributed by atoms with E-state index < -0.39 is 0 Å². The Morgan fingerprint density at radius 2 is 2.11 bits per heavy atom. The van der Waals surface area contributed by atoms with Crippen molar-refractivity contribution in [2.24, 2.45) is 7.05 Å². The molecule has 2 rings (SSSR count). The molecule has 0 saturated heterocycles. The van der Waals surface area contributed by atoms with E-state index in [1.54, 1.807) is 18.1 Å². The summed E-state index contributed by atoms with van der Waals surface area (Å²) >= 11 is 1.68. The minimum atomic E-state index is 0.689. The van der Waals surface area contributed by atoms with Crippen molar-refractivity contribution in [2.75, 3.05) is 18.1 Å². The van der Waals surface area contributed by atoms with Crippen molar-refractivity contribution in [2.45, 2.75) is 11.6 Å². The number of hydrogen-bond acceptors (Lipinski definition) is 5. The van der Waals surface area contributed by atoms with E-state index in [9.17, 15) is 0 Å². The first-order chi connectivity index (χ1) is 8.75. The molecule has 0 atom stereocenters. The molecule has 18 heavy (non-hydrogen) atoms. The molecule has 0 saturated carbocycles. The molecular weight excluding hydrogens is 248 g/mol. The average molecular weight is 264 g/mol. The van der Waals surface area contributed by atoms with Gasteiger partial charge in [0.2, 0.25) is 0 Å². The number of anilines is 1. The van der Waals surface area contributed by atoms with Gasteiger partial charge in [0, 0.05) is 18.5 Å². The number of nitrogens with two attached hydrogens (primary N) is 1. The zero-order valence-corrected chi connectivity index (χ0v) is 11.1. The lowest BCUT2D eigenvalue weighted by Crippen LogP contribution is -1.99. The summed E-state index contributed by atoms with van der Waals surface area (Å²) in [5.41, 5.74) is 6.35. The molecule has 0 aliphatic carbocycles. The summed E-state index contributed by atoms with van der Waals surface area (Å²) < 4.78 is 7.51. The van der Waals surface area contributed by atoms with Crippen LogP contribution in [0.5, 0.6) is 5.75 Å². The SMILES string of the molecule is Cn1cnnc1SCCCOc1ccc(N)cc1. The molecule has 0 unspecified atom stereocenters. The quantitative estimate of drug-likeness (QED) is 0.491. The van der Waals surface area contributed by atoms with Crippen molar-refractivity contribution in [3.8, 4) is 5.75 Å². The van der Waals surface area contributed by atoms with Crippen LogP contribution in [0.2, 0.25) is 0 Å². The second-order valence-electron chi connectivity index (χ2n) is 3.84. The molecule has 0 radical (unpaired) electrons. The molecule has 0 fully saturated rings. The van der Waals surface area contributed by atoms with Crippen LogP contribution in [0.3, 0.4) is 0 Å². The Kier molecular flexibility index (Phi) is 4.46. The predicted molar refractivity (Wildman–Crippen MR) is 72.7 cm³/mol. The first kappa shape index (κ1) is 12.8. The van der Waals surface area contributed by atoms with Crippen LogP contribution in [0.25, 0.3) is 0 Å². The molecule has 6 heteroatoms. The number of thioether (sulfide) groups is 1. The summed E-state index contributed by atoms with van der Waals surface area (Å²) in [7, 11) is 1.94. The van der Waals surface area contributed by atoms with E-state index in [0.717, 1.165) is 28.8 Å². The maximum absolute atomic E-state index is 5.60. The van der Waals surface area contributed by atoms with Crippen molar-refractivity contribution < 1.29 is 4.74 Å². The molecule has 0 aliphatic rings. The zero-order valence-electron chi connectivity index (χ0n) is 10.2. The molecule has 0 spiro atoms. The Bertz CT molecular complexity index is 483. The molecule has 0 aliphatic heterocycles. The molecular formula is C12H16N4OS. The minimum absolute atomic E-state index is 0.689. The van der Waals surface area contributed by atoms with Gasteiger partial charge in [-0.2, -0.15) is 0 Å². The zero-order chi connectivity index (χ0) is 12.8. The maximum atomic E-state index is 5.60. The fraction of sp³-hybridized carbons (Fsp3) is 0.333. The first-order valence-electron chi connectivity index (χ1n) is 5.71. The molecule has 1 heterocycles. The van der Waals surface area contributed by atoms with Crippen LogP contribution < -0.4 is 10.5 Å². The summed E-state index contributed by atoms with van der Waals surface area (Å²) in [5.74, 6) is 1.81. The summed E-state index contributed by atoms with van der Waals surface area (Å²) in [5, 5.41) is 8.76. The van der Waals surface area contributed by atoms with Crippen molar-refractivity contribution in [1.82, 2.24) is 14.8 Å². The molecule has 96 valence electrons. The van der Waals surface area contributed by atoms with Crippen molar-refractivity contribution in [1.29, 1.82) is 0 Å². The van der Waals surface area contributed by atoms with Crippen LogP contribution in [-0.4, -0.2) is 27.1 Å². The molecule has 1 aromatic carbocycles. The van der Waals surface area contributed by atoms with E-state index in [4.69, 9.17) is 10.5 Å². The van der Waals surface area contributed by atoms with Gasteiger partial charge in [0.25, 0.3) is 0 Å². The second kappa shape index (κ2) is 6.30. The lowest BCUT2D eigenvalue weighted by Gasteiger charge is -2.05. The maximum Gasteiger partial charge on any atom is 0.190 e. The second-order valence-corrected chi connectivity index (χ2v) is 4.91. The molecule has 0 bridgehead atoms. The number of nitrogen functional groups attached to an aromatic ring is 1. The van der Waals surface area contributed by atoms with E-state index in [2.05, 4.69) is 10.2 Å². The first-order valence-corrected chi connectivity index (χ1v) is 6.69. The smallest absolute Gasteiger partial charge is 0.190 e. The summed E-state index contributed by atoms with van der Waals surface area (Å²) in [6, 6.07) is 7.43. The molecule has 0 amide bonds. The molecule has 5 nitrogen and oxygen atoms in total. The topological polar surface area (TPSA) is 66.0 Å². The minimum Gasteiger partial charge on any atom is -0.494 e. The van der Waals surface area contributed by atoms with Crippen LogP contribution in [0.1, 0.15) is 6.42 Å². The average Bonchev–Trinajstić information content (AvgIpc) is 2.77. The highest BCUT2D eigenvalue weighted by molar-refractivity contribution is 7.99. The van der Waals surface area contributed by atoms with Crippen LogP contribution in [0.15, 0.2) is 35.7 Å². The van der Waals surface area contributed by atoms with Crippen LogP contribution in [0.4, 0.5) is 5.69 Å². The van der Waals surface area contributed by atoms with Gasteiger partial charge in [-0.1, -0.05) is 11.8 Å². The Labute approximate surface area is 110 Å². The van der Waals surface area contributed by atoms with E-state index in [1.807, 2.05) is 35.9 Å². The van der Waals surface area contributed by atoms with Gasteiger partial charge >= 0.3 is 0 Å². The van der Waals surface area contributed by atoms with Gasteiger partial charge in [-0.25, -0.2) is 0 Å². The van der Waals surface area contributed by atoms with E-state index in [0.29, 0.717) is 6.61 Å². The largest absolute Gasteiger partial charge is 0.494 e. The highest BCUT2D eigenvalue weighted by Crippen LogP contribution is 2.16. The third-order valence-corrected chi connectivity index (χ3v) is 3.46. The van der Waals surface area contributed by atoms with Gasteiger partial charge in [-0.3, -0.25) is 0 Å². The standard InChI is InChI=1S/C12H16N4OS/c1-16-9-14-15-12(16)18-8-2-7-17-11-5-3-10(13)4-6-11/h3-6,9H,2,7-8,13H2,1H3. The number of ether oxygens (including phenoxy) is 1. The van der Waals surface area contributed by atoms with Gasteiger partial charge < -0.3 is 15.0 Å². The highest BCUT2D eigenvalue weighted by atomic mass is 32.2. The van der Waals surface area contributed by atoms with Crippen LogP contribution in [0, 0.1) is 0 Å².